The first-order valence-corrected chi connectivity index (χ1v) is 8.67. The molecule has 0 saturated carbocycles. The molecule has 0 aliphatic carbocycles. The van der Waals surface area contributed by atoms with Crippen molar-refractivity contribution in [1.29, 1.82) is 0 Å². The highest BCUT2D eigenvalue weighted by molar-refractivity contribution is 5.76. The van der Waals surface area contributed by atoms with Crippen molar-refractivity contribution in [2.75, 3.05) is 31.1 Å². The van der Waals surface area contributed by atoms with Crippen molar-refractivity contribution in [1.82, 2.24) is 14.5 Å². The number of piperazine rings is 1. The van der Waals surface area contributed by atoms with E-state index in [-0.39, 0.29) is 5.91 Å². The number of aromatic nitrogens is 2. The fourth-order valence-corrected chi connectivity index (χ4v) is 3.07. The molecular weight excluding hydrogens is 300 g/mol. The van der Waals surface area contributed by atoms with Crippen LogP contribution >= 0.6 is 0 Å². The fraction of sp³-hybridized carbons (Fsp3) is 0.474. The molecule has 2 heterocycles. The lowest BCUT2D eigenvalue weighted by molar-refractivity contribution is -0.132. The van der Waals surface area contributed by atoms with E-state index in [9.17, 15) is 4.79 Å². The van der Waals surface area contributed by atoms with Gasteiger partial charge in [0.25, 0.3) is 0 Å². The third-order valence-electron chi connectivity index (χ3n) is 4.43. The molecule has 1 aliphatic rings. The maximum atomic E-state index is 12.2. The number of carbonyl (C=O) groups excluding carboxylic acids is 1. The minimum Gasteiger partial charge on any atom is -0.339 e. The SMILES string of the molecule is Cc1ccc(-n2ccnc2N2CCN(C(=O)CC(C)C)CC2)cc1. The Balaban J connectivity index is 1.68. The number of aryl methyl sites for hydroxylation is 1. The molecule has 0 N–H and O–H groups in total. The van der Waals surface area contributed by atoms with Gasteiger partial charge in [0.15, 0.2) is 0 Å². The van der Waals surface area contributed by atoms with Crippen molar-refractivity contribution >= 4 is 11.9 Å². The molecule has 24 heavy (non-hydrogen) atoms. The molecule has 0 bridgehead atoms. The smallest absolute Gasteiger partial charge is 0.222 e. The third-order valence-corrected chi connectivity index (χ3v) is 4.43. The summed E-state index contributed by atoms with van der Waals surface area (Å²) in [6, 6.07) is 8.45. The van der Waals surface area contributed by atoms with Gasteiger partial charge < -0.3 is 9.80 Å². The van der Waals surface area contributed by atoms with Crippen molar-refractivity contribution in [3.63, 3.8) is 0 Å². The Morgan fingerprint density at radius 3 is 2.42 bits per heavy atom. The van der Waals surface area contributed by atoms with Crippen LogP contribution in [-0.2, 0) is 4.79 Å². The summed E-state index contributed by atoms with van der Waals surface area (Å²) in [5, 5.41) is 0. The van der Waals surface area contributed by atoms with Gasteiger partial charge in [0, 0.05) is 50.7 Å². The standard InChI is InChI=1S/C19H26N4O/c1-15(2)14-18(24)21-10-12-22(13-11-21)19-20-8-9-23(19)17-6-4-16(3)5-7-17/h4-9,15H,10-14H2,1-3H3. The van der Waals surface area contributed by atoms with E-state index in [1.807, 2.05) is 17.3 Å². The van der Waals surface area contributed by atoms with E-state index in [4.69, 9.17) is 0 Å². The zero-order valence-electron chi connectivity index (χ0n) is 14.8. The predicted molar refractivity (Wildman–Crippen MR) is 96.5 cm³/mol. The number of amides is 1. The molecule has 1 amide bonds. The number of rotatable bonds is 4. The molecule has 5 nitrogen and oxygen atoms in total. The first kappa shape index (κ1) is 16.6. The summed E-state index contributed by atoms with van der Waals surface area (Å²) in [5.74, 6) is 1.64. The molecule has 1 aromatic heterocycles. The van der Waals surface area contributed by atoms with Crippen LogP contribution < -0.4 is 4.90 Å². The van der Waals surface area contributed by atoms with E-state index in [0.717, 1.165) is 37.8 Å². The van der Waals surface area contributed by atoms with Gasteiger partial charge in [-0.25, -0.2) is 4.98 Å². The Bertz CT molecular complexity index is 682. The second kappa shape index (κ2) is 7.07. The maximum absolute atomic E-state index is 12.2. The van der Waals surface area contributed by atoms with Gasteiger partial charge in [-0.3, -0.25) is 9.36 Å². The number of imidazole rings is 1. The van der Waals surface area contributed by atoms with Gasteiger partial charge in [0.1, 0.15) is 0 Å². The van der Waals surface area contributed by atoms with Crippen LogP contribution in [0.2, 0.25) is 0 Å². The second-order valence-electron chi connectivity index (χ2n) is 6.90. The summed E-state index contributed by atoms with van der Waals surface area (Å²) in [6.07, 6.45) is 4.47. The van der Waals surface area contributed by atoms with Gasteiger partial charge in [0.05, 0.1) is 0 Å². The molecule has 2 aromatic rings. The molecule has 1 fully saturated rings. The highest BCUT2D eigenvalue weighted by atomic mass is 16.2. The minimum absolute atomic E-state index is 0.270. The Labute approximate surface area is 143 Å². The lowest BCUT2D eigenvalue weighted by Gasteiger charge is -2.35. The molecule has 0 atom stereocenters. The number of hydrogen-bond acceptors (Lipinski definition) is 3. The average Bonchev–Trinajstić information content (AvgIpc) is 3.04. The predicted octanol–water partition coefficient (Wildman–Crippen LogP) is 2.88. The van der Waals surface area contributed by atoms with Crippen molar-refractivity contribution in [3.05, 3.63) is 42.2 Å². The number of hydrogen-bond donors (Lipinski definition) is 0. The topological polar surface area (TPSA) is 41.4 Å². The maximum Gasteiger partial charge on any atom is 0.222 e. The molecule has 5 heteroatoms. The fourth-order valence-electron chi connectivity index (χ4n) is 3.07. The van der Waals surface area contributed by atoms with E-state index < -0.39 is 0 Å². The largest absolute Gasteiger partial charge is 0.339 e. The molecule has 3 rings (SSSR count). The molecule has 0 spiro atoms. The number of nitrogens with zero attached hydrogens (tertiary/aromatic N) is 4. The van der Waals surface area contributed by atoms with Crippen LogP contribution in [0.3, 0.4) is 0 Å². The van der Waals surface area contributed by atoms with Crippen LogP contribution in [0.5, 0.6) is 0 Å². The van der Waals surface area contributed by atoms with E-state index >= 15 is 0 Å². The first-order valence-electron chi connectivity index (χ1n) is 8.67. The number of carbonyl (C=O) groups is 1. The highest BCUT2D eigenvalue weighted by Crippen LogP contribution is 2.20. The van der Waals surface area contributed by atoms with Gasteiger partial charge in [-0.2, -0.15) is 0 Å². The van der Waals surface area contributed by atoms with E-state index in [1.54, 1.807) is 0 Å². The van der Waals surface area contributed by atoms with Gasteiger partial charge >= 0.3 is 0 Å². The lowest BCUT2D eigenvalue weighted by atomic mass is 10.1. The lowest BCUT2D eigenvalue weighted by Crippen LogP contribution is -2.49. The first-order chi connectivity index (χ1) is 11.5. The summed E-state index contributed by atoms with van der Waals surface area (Å²) < 4.78 is 2.12. The van der Waals surface area contributed by atoms with Crippen molar-refractivity contribution < 1.29 is 4.79 Å². The third kappa shape index (κ3) is 3.61. The van der Waals surface area contributed by atoms with Crippen LogP contribution in [0.1, 0.15) is 25.8 Å². The van der Waals surface area contributed by atoms with Crippen LogP contribution in [0.25, 0.3) is 5.69 Å². The number of benzene rings is 1. The van der Waals surface area contributed by atoms with Crippen molar-refractivity contribution in [3.8, 4) is 5.69 Å². The van der Waals surface area contributed by atoms with Crippen LogP contribution in [0.4, 0.5) is 5.95 Å². The van der Waals surface area contributed by atoms with Gasteiger partial charge in [-0.15, -0.1) is 0 Å². The molecular formula is C19H26N4O. The van der Waals surface area contributed by atoms with Crippen molar-refractivity contribution in [2.24, 2.45) is 5.92 Å². The summed E-state index contributed by atoms with van der Waals surface area (Å²) in [6.45, 7) is 9.46. The van der Waals surface area contributed by atoms with Crippen LogP contribution in [-0.4, -0.2) is 46.5 Å². The normalized spacial score (nSPS) is 15.2. The molecule has 1 aromatic carbocycles. The molecule has 1 saturated heterocycles. The second-order valence-corrected chi connectivity index (χ2v) is 6.90. The number of anilines is 1. The average molecular weight is 326 g/mol. The monoisotopic (exact) mass is 326 g/mol. The van der Waals surface area contributed by atoms with Crippen LogP contribution in [0.15, 0.2) is 36.7 Å². The van der Waals surface area contributed by atoms with Gasteiger partial charge in [-0.1, -0.05) is 31.5 Å². The Morgan fingerprint density at radius 1 is 1.12 bits per heavy atom. The summed E-state index contributed by atoms with van der Waals surface area (Å²) >= 11 is 0. The Morgan fingerprint density at radius 2 is 1.79 bits per heavy atom. The highest BCUT2D eigenvalue weighted by Gasteiger charge is 2.24. The van der Waals surface area contributed by atoms with Crippen molar-refractivity contribution in [2.45, 2.75) is 27.2 Å². The molecule has 0 radical (unpaired) electrons. The minimum atomic E-state index is 0.270. The quantitative estimate of drug-likeness (QED) is 0.867. The Kier molecular flexibility index (Phi) is 4.88. The zero-order valence-corrected chi connectivity index (χ0v) is 14.8. The van der Waals surface area contributed by atoms with E-state index in [1.165, 1.54) is 5.56 Å². The molecule has 0 unspecified atom stereocenters. The summed E-state index contributed by atoms with van der Waals surface area (Å²) in [5.41, 5.74) is 2.36. The summed E-state index contributed by atoms with van der Waals surface area (Å²) in [4.78, 5) is 21.0. The summed E-state index contributed by atoms with van der Waals surface area (Å²) in [7, 11) is 0. The zero-order chi connectivity index (χ0) is 17.1. The molecule has 128 valence electrons. The van der Waals surface area contributed by atoms with E-state index in [2.05, 4.69) is 59.5 Å². The van der Waals surface area contributed by atoms with Gasteiger partial charge in [-0.05, 0) is 25.0 Å². The van der Waals surface area contributed by atoms with Gasteiger partial charge in [0.2, 0.25) is 11.9 Å². The van der Waals surface area contributed by atoms with E-state index in [0.29, 0.717) is 12.3 Å². The molecule has 1 aliphatic heterocycles. The van der Waals surface area contributed by atoms with Crippen LogP contribution in [0, 0.1) is 12.8 Å². The Hall–Kier alpha value is -2.30.